The zero-order chi connectivity index (χ0) is 16.2. The first kappa shape index (κ1) is 15.0. The highest BCUT2D eigenvalue weighted by atomic mass is 16.5. The van der Waals surface area contributed by atoms with Crippen LogP contribution in [0.4, 0.5) is 5.69 Å². The number of amides is 2. The summed E-state index contributed by atoms with van der Waals surface area (Å²) in [7, 11) is 1.53. The maximum absolute atomic E-state index is 12.5. The van der Waals surface area contributed by atoms with Crippen LogP contribution in [0.5, 0.6) is 5.75 Å². The molecule has 1 aromatic carbocycles. The molecule has 0 unspecified atom stereocenters. The third-order valence-corrected chi connectivity index (χ3v) is 3.74. The minimum absolute atomic E-state index is 0.120. The number of anilines is 1. The molecule has 0 saturated carbocycles. The third kappa shape index (κ3) is 3.15. The molecule has 1 atom stereocenters. The molecule has 23 heavy (non-hydrogen) atoms. The van der Waals surface area contributed by atoms with E-state index in [0.717, 1.165) is 5.56 Å². The smallest absolute Gasteiger partial charge is 0.228 e. The summed E-state index contributed by atoms with van der Waals surface area (Å²) in [5, 5.41) is 13.2. The van der Waals surface area contributed by atoms with E-state index in [1.807, 2.05) is 12.1 Å². The van der Waals surface area contributed by atoms with Crippen LogP contribution in [0.3, 0.4) is 0 Å². The van der Waals surface area contributed by atoms with Crippen molar-refractivity contribution in [1.29, 1.82) is 0 Å². The van der Waals surface area contributed by atoms with Gasteiger partial charge in [-0.05, 0) is 11.6 Å². The molecule has 0 bridgehead atoms. The monoisotopic (exact) mass is 315 g/mol. The predicted molar refractivity (Wildman–Crippen MR) is 82.0 cm³/mol. The van der Waals surface area contributed by atoms with Gasteiger partial charge in [-0.3, -0.25) is 14.3 Å². The number of nitrogens with one attached hydrogen (secondary N) is 2. The lowest BCUT2D eigenvalue weighted by atomic mass is 9.89. The van der Waals surface area contributed by atoms with E-state index in [4.69, 9.17) is 4.74 Å². The minimum atomic E-state index is -0.524. The molecule has 1 aliphatic rings. The summed E-state index contributed by atoms with van der Waals surface area (Å²) in [5.41, 5.74) is 1.34. The van der Waals surface area contributed by atoms with Gasteiger partial charge < -0.3 is 15.4 Å². The summed E-state index contributed by atoms with van der Waals surface area (Å²) in [6.07, 6.45) is 3.42. The Morgan fingerprint density at radius 3 is 3.13 bits per heavy atom. The Morgan fingerprint density at radius 2 is 2.39 bits per heavy atom. The number of rotatable bonds is 5. The second kappa shape index (κ2) is 6.47. The summed E-state index contributed by atoms with van der Waals surface area (Å²) < 4.78 is 6.88. The Hall–Kier alpha value is -2.90. The van der Waals surface area contributed by atoms with E-state index >= 15 is 0 Å². The molecule has 3 rings (SSSR count). The molecule has 2 heterocycles. The molecule has 2 amide bonds. The fraction of sp³-hybridized carbons (Fsp3) is 0.333. The van der Waals surface area contributed by atoms with E-state index in [1.54, 1.807) is 23.1 Å². The summed E-state index contributed by atoms with van der Waals surface area (Å²) in [6, 6.07) is 5.40. The second-order valence-corrected chi connectivity index (χ2v) is 5.19. The predicted octanol–water partition coefficient (Wildman–Crippen LogP) is 0.529. The Balaban J connectivity index is 1.72. The van der Waals surface area contributed by atoms with E-state index in [2.05, 4.69) is 20.9 Å². The van der Waals surface area contributed by atoms with Crippen LogP contribution in [0.2, 0.25) is 0 Å². The van der Waals surface area contributed by atoms with E-state index < -0.39 is 5.92 Å². The van der Waals surface area contributed by atoms with E-state index in [0.29, 0.717) is 24.5 Å². The number of aromatic nitrogens is 3. The van der Waals surface area contributed by atoms with Crippen LogP contribution in [-0.4, -0.2) is 40.5 Å². The summed E-state index contributed by atoms with van der Waals surface area (Å²) in [4.78, 5) is 24.4. The Bertz CT molecular complexity index is 714. The summed E-state index contributed by atoms with van der Waals surface area (Å²) >= 11 is 0. The van der Waals surface area contributed by atoms with Crippen LogP contribution < -0.4 is 15.4 Å². The molecular formula is C15H17N5O3. The summed E-state index contributed by atoms with van der Waals surface area (Å²) in [6.45, 7) is 0.940. The Labute approximate surface area is 132 Å². The van der Waals surface area contributed by atoms with Crippen LogP contribution in [0.15, 0.2) is 30.6 Å². The van der Waals surface area contributed by atoms with Gasteiger partial charge in [0.05, 0.1) is 31.5 Å². The van der Waals surface area contributed by atoms with Crippen molar-refractivity contribution in [2.45, 2.75) is 18.9 Å². The lowest BCUT2D eigenvalue weighted by molar-refractivity contribution is -0.126. The van der Waals surface area contributed by atoms with Gasteiger partial charge in [-0.25, -0.2) is 0 Å². The topological polar surface area (TPSA) is 98.1 Å². The Morgan fingerprint density at radius 1 is 1.52 bits per heavy atom. The first-order chi connectivity index (χ1) is 11.2. The number of benzene rings is 1. The fourth-order valence-corrected chi connectivity index (χ4v) is 2.63. The zero-order valence-corrected chi connectivity index (χ0v) is 12.7. The van der Waals surface area contributed by atoms with Gasteiger partial charge in [0.15, 0.2) is 0 Å². The number of ether oxygens (including phenoxy) is 1. The van der Waals surface area contributed by atoms with Crippen molar-refractivity contribution in [2.24, 2.45) is 0 Å². The molecule has 0 fully saturated rings. The van der Waals surface area contributed by atoms with Gasteiger partial charge in [0.1, 0.15) is 5.75 Å². The highest BCUT2D eigenvalue weighted by Crippen LogP contribution is 2.38. The standard InChI is InChI=1S/C15H17N5O3/c1-23-12-4-2-3-10-11(9-13(21)18-14(10)12)15(22)16-5-7-20-8-6-17-19-20/h2-4,6,8,11H,5,7,9H2,1H3,(H,16,22)(H,18,21)/t11-/m0/s1. The molecule has 0 saturated heterocycles. The lowest BCUT2D eigenvalue weighted by Gasteiger charge is -2.26. The number of nitrogens with zero attached hydrogens (tertiary/aromatic N) is 3. The van der Waals surface area contributed by atoms with Gasteiger partial charge >= 0.3 is 0 Å². The van der Waals surface area contributed by atoms with E-state index in [9.17, 15) is 9.59 Å². The molecule has 2 aromatic rings. The first-order valence-electron chi connectivity index (χ1n) is 7.27. The fourth-order valence-electron chi connectivity index (χ4n) is 2.63. The van der Waals surface area contributed by atoms with Gasteiger partial charge in [0.25, 0.3) is 0 Å². The highest BCUT2D eigenvalue weighted by Gasteiger charge is 2.32. The third-order valence-electron chi connectivity index (χ3n) is 3.74. The molecule has 8 nitrogen and oxygen atoms in total. The molecule has 0 aliphatic carbocycles. The van der Waals surface area contributed by atoms with Gasteiger partial charge in [0.2, 0.25) is 11.8 Å². The second-order valence-electron chi connectivity index (χ2n) is 5.19. The van der Waals surface area contributed by atoms with Crippen molar-refractivity contribution in [1.82, 2.24) is 20.3 Å². The zero-order valence-electron chi connectivity index (χ0n) is 12.7. The van der Waals surface area contributed by atoms with Crippen molar-refractivity contribution in [3.05, 3.63) is 36.2 Å². The van der Waals surface area contributed by atoms with Crippen molar-refractivity contribution in [2.75, 3.05) is 19.0 Å². The maximum Gasteiger partial charge on any atom is 0.228 e. The molecule has 0 spiro atoms. The molecule has 0 radical (unpaired) electrons. The van der Waals surface area contributed by atoms with Gasteiger partial charge in [0, 0.05) is 19.2 Å². The number of methoxy groups -OCH3 is 1. The number of para-hydroxylation sites is 1. The van der Waals surface area contributed by atoms with Gasteiger partial charge in [-0.15, -0.1) is 5.10 Å². The quantitative estimate of drug-likeness (QED) is 0.838. The molecule has 1 aromatic heterocycles. The number of hydrogen-bond donors (Lipinski definition) is 2. The number of carbonyl (C=O) groups is 2. The highest BCUT2D eigenvalue weighted by molar-refractivity contribution is 6.02. The van der Waals surface area contributed by atoms with Gasteiger partial charge in [-0.2, -0.15) is 0 Å². The first-order valence-corrected chi connectivity index (χ1v) is 7.27. The molecule has 8 heteroatoms. The van der Waals surface area contributed by atoms with Crippen LogP contribution in [0.25, 0.3) is 0 Å². The van der Waals surface area contributed by atoms with E-state index in [-0.39, 0.29) is 18.2 Å². The average Bonchev–Trinajstić information content (AvgIpc) is 3.06. The average molecular weight is 315 g/mol. The van der Waals surface area contributed by atoms with E-state index in [1.165, 1.54) is 7.11 Å². The maximum atomic E-state index is 12.5. The van der Waals surface area contributed by atoms with Crippen molar-refractivity contribution in [3.63, 3.8) is 0 Å². The van der Waals surface area contributed by atoms with Crippen LogP contribution in [0.1, 0.15) is 17.9 Å². The van der Waals surface area contributed by atoms with Gasteiger partial charge in [-0.1, -0.05) is 17.3 Å². The molecule has 120 valence electrons. The normalized spacial score (nSPS) is 16.4. The van der Waals surface area contributed by atoms with Crippen LogP contribution in [-0.2, 0) is 16.1 Å². The Kier molecular flexibility index (Phi) is 4.22. The van der Waals surface area contributed by atoms with Crippen LogP contribution >= 0.6 is 0 Å². The molecular weight excluding hydrogens is 298 g/mol. The molecule has 1 aliphatic heterocycles. The SMILES string of the molecule is COc1cccc2c1NC(=O)C[C@@H]2C(=O)NCCn1ccnn1. The molecule has 2 N–H and O–H groups in total. The van der Waals surface area contributed by atoms with Crippen LogP contribution in [0, 0.1) is 0 Å². The van der Waals surface area contributed by atoms with Crippen molar-refractivity contribution >= 4 is 17.5 Å². The van der Waals surface area contributed by atoms with Crippen molar-refractivity contribution in [3.8, 4) is 5.75 Å². The number of fused-ring (bicyclic) bond motifs is 1. The van der Waals surface area contributed by atoms with Crippen molar-refractivity contribution < 1.29 is 14.3 Å². The summed E-state index contributed by atoms with van der Waals surface area (Å²) in [5.74, 6) is -0.353. The number of carbonyl (C=O) groups excluding carboxylic acids is 2. The lowest BCUT2D eigenvalue weighted by Crippen LogP contribution is -2.36. The minimum Gasteiger partial charge on any atom is -0.495 e. The largest absolute Gasteiger partial charge is 0.495 e. The number of hydrogen-bond acceptors (Lipinski definition) is 5.